The van der Waals surface area contributed by atoms with Crippen LogP contribution in [0.3, 0.4) is 0 Å². The summed E-state index contributed by atoms with van der Waals surface area (Å²) in [6, 6.07) is 7.02. The molecule has 2 N–H and O–H groups in total. The maximum Gasteiger partial charge on any atom is 0.166 e. The molecule has 106 valence electrons. The fraction of sp³-hybridized carbons (Fsp3) is 0.143. The van der Waals surface area contributed by atoms with E-state index in [1.165, 1.54) is 12.1 Å². The highest BCUT2D eigenvalue weighted by Crippen LogP contribution is 2.36. The van der Waals surface area contributed by atoms with Crippen LogP contribution in [0.2, 0.25) is 5.02 Å². The molecule has 2 aromatic carbocycles. The molecule has 2 nitrogen and oxygen atoms in total. The van der Waals surface area contributed by atoms with E-state index in [-0.39, 0.29) is 16.5 Å². The van der Waals surface area contributed by atoms with E-state index >= 15 is 0 Å². The predicted octanol–water partition coefficient (Wildman–Crippen LogP) is 4.67. The van der Waals surface area contributed by atoms with E-state index in [0.29, 0.717) is 23.0 Å². The topological polar surface area (TPSA) is 35.2 Å². The third kappa shape index (κ3) is 3.29. The SMILES string of the molecule is NCCc1cccc(F)c1Oc1cc(F)c(Cl)cc1Br. The molecular weight excluding hydrogens is 352 g/mol. The zero-order chi connectivity index (χ0) is 14.7. The normalized spacial score (nSPS) is 10.7. The lowest BCUT2D eigenvalue weighted by Gasteiger charge is -2.13. The van der Waals surface area contributed by atoms with Gasteiger partial charge < -0.3 is 10.5 Å². The lowest BCUT2D eigenvalue weighted by Crippen LogP contribution is -2.05. The van der Waals surface area contributed by atoms with Gasteiger partial charge in [0.2, 0.25) is 0 Å². The fourth-order valence-electron chi connectivity index (χ4n) is 1.71. The summed E-state index contributed by atoms with van der Waals surface area (Å²) in [5.74, 6) is -0.976. The molecule has 0 aliphatic rings. The Morgan fingerprint density at radius 2 is 1.95 bits per heavy atom. The van der Waals surface area contributed by atoms with Gasteiger partial charge in [-0.25, -0.2) is 8.78 Å². The highest BCUT2D eigenvalue weighted by atomic mass is 79.9. The van der Waals surface area contributed by atoms with E-state index in [0.717, 1.165) is 6.07 Å². The molecule has 0 bridgehead atoms. The maximum atomic E-state index is 13.9. The second-order valence-electron chi connectivity index (χ2n) is 4.07. The molecule has 0 saturated heterocycles. The largest absolute Gasteiger partial charge is 0.453 e. The Balaban J connectivity index is 2.42. The van der Waals surface area contributed by atoms with Crippen molar-refractivity contribution in [3.8, 4) is 11.5 Å². The van der Waals surface area contributed by atoms with Gasteiger partial charge in [0.1, 0.15) is 11.6 Å². The summed E-state index contributed by atoms with van der Waals surface area (Å²) in [7, 11) is 0. The average Bonchev–Trinajstić information content (AvgIpc) is 2.40. The molecule has 0 saturated carbocycles. The van der Waals surface area contributed by atoms with Crippen LogP contribution in [0.25, 0.3) is 0 Å². The number of hydrogen-bond donors (Lipinski definition) is 1. The molecule has 2 rings (SSSR count). The molecule has 0 atom stereocenters. The zero-order valence-corrected chi connectivity index (χ0v) is 12.6. The molecule has 0 aliphatic carbocycles. The van der Waals surface area contributed by atoms with Crippen LogP contribution in [0.1, 0.15) is 5.56 Å². The minimum Gasteiger partial charge on any atom is -0.453 e. The average molecular weight is 363 g/mol. The van der Waals surface area contributed by atoms with Crippen molar-refractivity contribution in [1.29, 1.82) is 0 Å². The van der Waals surface area contributed by atoms with Gasteiger partial charge in [0, 0.05) is 6.07 Å². The summed E-state index contributed by atoms with van der Waals surface area (Å²) in [6.07, 6.45) is 0.459. The summed E-state index contributed by atoms with van der Waals surface area (Å²) in [5, 5.41) is -0.0417. The van der Waals surface area contributed by atoms with Crippen molar-refractivity contribution in [3.63, 3.8) is 0 Å². The number of nitrogens with two attached hydrogens (primary N) is 1. The van der Waals surface area contributed by atoms with E-state index in [1.807, 2.05) is 0 Å². The molecule has 0 radical (unpaired) electrons. The van der Waals surface area contributed by atoms with Crippen molar-refractivity contribution in [1.82, 2.24) is 0 Å². The van der Waals surface area contributed by atoms with E-state index in [4.69, 9.17) is 22.1 Å². The van der Waals surface area contributed by atoms with Gasteiger partial charge in [0.25, 0.3) is 0 Å². The number of rotatable bonds is 4. The van der Waals surface area contributed by atoms with Crippen molar-refractivity contribution in [3.05, 3.63) is 57.0 Å². The molecule has 2 aromatic rings. The smallest absolute Gasteiger partial charge is 0.166 e. The Bertz CT molecular complexity index is 637. The van der Waals surface area contributed by atoms with Crippen LogP contribution in [0.15, 0.2) is 34.8 Å². The number of halogens is 4. The fourth-order valence-corrected chi connectivity index (χ4v) is 2.43. The highest BCUT2D eigenvalue weighted by Gasteiger charge is 2.14. The molecule has 0 heterocycles. The van der Waals surface area contributed by atoms with Gasteiger partial charge in [-0.15, -0.1) is 0 Å². The van der Waals surface area contributed by atoms with E-state index in [9.17, 15) is 8.78 Å². The summed E-state index contributed by atoms with van der Waals surface area (Å²) >= 11 is 8.85. The van der Waals surface area contributed by atoms with Crippen molar-refractivity contribution < 1.29 is 13.5 Å². The minimum absolute atomic E-state index is 0.0417. The van der Waals surface area contributed by atoms with Crippen LogP contribution in [0, 0.1) is 11.6 Å². The first-order valence-corrected chi connectivity index (χ1v) is 7.00. The first-order valence-electron chi connectivity index (χ1n) is 5.82. The van der Waals surface area contributed by atoms with Crippen molar-refractivity contribution in [2.75, 3.05) is 6.54 Å². The van der Waals surface area contributed by atoms with Crippen LogP contribution < -0.4 is 10.5 Å². The van der Waals surface area contributed by atoms with Crippen LogP contribution in [-0.2, 0) is 6.42 Å². The van der Waals surface area contributed by atoms with Crippen LogP contribution >= 0.6 is 27.5 Å². The Morgan fingerprint density at radius 3 is 2.65 bits per heavy atom. The third-order valence-electron chi connectivity index (χ3n) is 2.65. The molecular formula is C14H11BrClF2NO. The Hall–Kier alpha value is -1.17. The van der Waals surface area contributed by atoms with Gasteiger partial charge in [-0.05, 0) is 46.6 Å². The molecule has 6 heteroatoms. The van der Waals surface area contributed by atoms with Gasteiger partial charge in [0.05, 0.1) is 9.50 Å². The van der Waals surface area contributed by atoms with Gasteiger partial charge in [-0.3, -0.25) is 0 Å². The second kappa shape index (κ2) is 6.52. The molecule has 0 aromatic heterocycles. The zero-order valence-electron chi connectivity index (χ0n) is 10.3. The molecule has 0 spiro atoms. The molecule has 20 heavy (non-hydrogen) atoms. The first-order chi connectivity index (χ1) is 9.52. The maximum absolute atomic E-state index is 13.9. The summed E-state index contributed by atoms with van der Waals surface area (Å²) in [4.78, 5) is 0. The first kappa shape index (κ1) is 15.2. The second-order valence-corrected chi connectivity index (χ2v) is 5.33. The third-order valence-corrected chi connectivity index (χ3v) is 3.56. The van der Waals surface area contributed by atoms with Gasteiger partial charge >= 0.3 is 0 Å². The monoisotopic (exact) mass is 361 g/mol. The van der Waals surface area contributed by atoms with Gasteiger partial charge in [0.15, 0.2) is 11.6 Å². The standard InChI is InChI=1S/C14H11BrClF2NO/c15-9-6-10(16)12(18)7-13(9)20-14-8(4-5-19)2-1-3-11(14)17/h1-3,6-7H,4-5,19H2. The van der Waals surface area contributed by atoms with Crippen molar-refractivity contribution >= 4 is 27.5 Å². The number of benzene rings is 2. The van der Waals surface area contributed by atoms with Gasteiger partial charge in [-0.1, -0.05) is 23.7 Å². The lowest BCUT2D eigenvalue weighted by atomic mass is 10.1. The van der Waals surface area contributed by atoms with Crippen molar-refractivity contribution in [2.45, 2.75) is 6.42 Å². The summed E-state index contributed by atoms with van der Waals surface area (Å²) in [6.45, 7) is 0.357. The van der Waals surface area contributed by atoms with Crippen molar-refractivity contribution in [2.24, 2.45) is 5.73 Å². The Labute approximate surface area is 128 Å². The quantitative estimate of drug-likeness (QED) is 0.802. The number of ether oxygens (including phenoxy) is 1. The minimum atomic E-state index is -0.637. The van der Waals surface area contributed by atoms with E-state index in [2.05, 4.69) is 15.9 Å². The highest BCUT2D eigenvalue weighted by molar-refractivity contribution is 9.10. The number of hydrogen-bond acceptors (Lipinski definition) is 2. The van der Waals surface area contributed by atoms with E-state index in [1.54, 1.807) is 12.1 Å². The summed E-state index contributed by atoms with van der Waals surface area (Å²) in [5.41, 5.74) is 6.10. The Kier molecular flexibility index (Phi) is 4.96. The van der Waals surface area contributed by atoms with Gasteiger partial charge in [-0.2, -0.15) is 0 Å². The molecule has 0 amide bonds. The lowest BCUT2D eigenvalue weighted by molar-refractivity contribution is 0.431. The Morgan fingerprint density at radius 1 is 1.20 bits per heavy atom. The molecule has 0 fully saturated rings. The van der Waals surface area contributed by atoms with Crippen LogP contribution in [0.4, 0.5) is 8.78 Å². The van der Waals surface area contributed by atoms with E-state index < -0.39 is 11.6 Å². The van der Waals surface area contributed by atoms with Crippen LogP contribution in [0.5, 0.6) is 11.5 Å². The number of para-hydroxylation sites is 1. The molecule has 0 aliphatic heterocycles. The summed E-state index contributed by atoms with van der Waals surface area (Å²) < 4.78 is 33.3. The molecule has 0 unspecified atom stereocenters. The predicted molar refractivity (Wildman–Crippen MR) is 78.3 cm³/mol. The van der Waals surface area contributed by atoms with Crippen LogP contribution in [-0.4, -0.2) is 6.54 Å².